The fourth-order valence-corrected chi connectivity index (χ4v) is 4.75. The van der Waals surface area contributed by atoms with Crippen molar-refractivity contribution in [1.29, 1.82) is 5.26 Å². The average Bonchev–Trinajstić information content (AvgIpc) is 2.65. The van der Waals surface area contributed by atoms with E-state index in [0.717, 1.165) is 16.7 Å². The van der Waals surface area contributed by atoms with Gasteiger partial charge in [-0.1, -0.05) is 60.2 Å². The maximum atomic E-state index is 12.7. The molecule has 2 aromatic carbocycles. The van der Waals surface area contributed by atoms with Gasteiger partial charge in [-0.2, -0.15) is 9.57 Å². The molecule has 1 atom stereocenters. The smallest absolute Gasteiger partial charge is 0.218 e. The molecule has 0 amide bonds. The van der Waals surface area contributed by atoms with Crippen LogP contribution in [0.2, 0.25) is 0 Å². The normalized spacial score (nSPS) is 17.5. The van der Waals surface area contributed by atoms with E-state index in [9.17, 15) is 13.7 Å². The van der Waals surface area contributed by atoms with Gasteiger partial charge in [-0.25, -0.2) is 8.42 Å². The number of rotatable bonds is 5. The van der Waals surface area contributed by atoms with Crippen molar-refractivity contribution in [3.63, 3.8) is 0 Å². The number of nitrogens with zero attached hydrogens (tertiary/aromatic N) is 3. The first kappa shape index (κ1) is 18.6. The molecule has 1 heterocycles. The molecule has 0 radical (unpaired) electrons. The molecule has 136 valence electrons. The zero-order valence-corrected chi connectivity index (χ0v) is 15.7. The first-order valence-corrected chi connectivity index (χ1v) is 10.3. The molecular formula is C20H23N3O2S. The molecule has 3 rings (SSSR count). The molecule has 1 unspecified atom stereocenters. The van der Waals surface area contributed by atoms with E-state index in [-0.39, 0.29) is 11.8 Å². The van der Waals surface area contributed by atoms with Gasteiger partial charge < -0.3 is 0 Å². The van der Waals surface area contributed by atoms with Gasteiger partial charge in [-0.05, 0) is 18.1 Å². The molecule has 1 aliphatic heterocycles. The molecule has 0 N–H and O–H groups in total. The number of nitriles is 1. The van der Waals surface area contributed by atoms with E-state index in [1.807, 2.05) is 61.5 Å². The standard InChI is InChI=1S/C20H23N3O2S/c1-17-7-9-19(10-8-17)20(15-21)22-11-13-23(14-12-22)26(24,25)16-18-5-3-2-4-6-18/h2-10,20H,11-14,16H2,1H3. The molecule has 0 bridgehead atoms. The Morgan fingerprint density at radius 2 is 1.62 bits per heavy atom. The van der Waals surface area contributed by atoms with Crippen molar-refractivity contribution in [3.8, 4) is 6.07 Å². The van der Waals surface area contributed by atoms with E-state index >= 15 is 0 Å². The molecular weight excluding hydrogens is 346 g/mol. The van der Waals surface area contributed by atoms with Crippen LogP contribution in [0.25, 0.3) is 0 Å². The van der Waals surface area contributed by atoms with Gasteiger partial charge in [0.15, 0.2) is 0 Å². The molecule has 26 heavy (non-hydrogen) atoms. The molecule has 5 nitrogen and oxygen atoms in total. The highest BCUT2D eigenvalue weighted by Crippen LogP contribution is 2.23. The molecule has 0 aliphatic carbocycles. The first-order chi connectivity index (χ1) is 12.5. The van der Waals surface area contributed by atoms with Crippen LogP contribution in [-0.4, -0.2) is 43.8 Å². The number of sulfonamides is 1. The second-order valence-electron chi connectivity index (χ2n) is 6.62. The number of benzene rings is 2. The summed E-state index contributed by atoms with van der Waals surface area (Å²) in [4.78, 5) is 2.05. The number of hydrogen-bond donors (Lipinski definition) is 0. The predicted molar refractivity (Wildman–Crippen MR) is 102 cm³/mol. The Kier molecular flexibility index (Phi) is 5.72. The Bertz CT molecular complexity index is 866. The van der Waals surface area contributed by atoms with Crippen LogP contribution in [0.3, 0.4) is 0 Å². The lowest BCUT2D eigenvalue weighted by molar-refractivity contribution is 0.162. The highest BCUT2D eigenvalue weighted by molar-refractivity contribution is 7.88. The van der Waals surface area contributed by atoms with Gasteiger partial charge in [-0.3, -0.25) is 4.90 Å². The molecule has 0 spiro atoms. The van der Waals surface area contributed by atoms with Crippen molar-refractivity contribution in [2.75, 3.05) is 26.2 Å². The van der Waals surface area contributed by atoms with Crippen LogP contribution < -0.4 is 0 Å². The molecule has 1 fully saturated rings. The summed E-state index contributed by atoms with van der Waals surface area (Å²) >= 11 is 0. The largest absolute Gasteiger partial charge is 0.282 e. The van der Waals surface area contributed by atoms with Gasteiger partial charge in [0, 0.05) is 26.2 Å². The SMILES string of the molecule is Cc1ccc(C(C#N)N2CCN(S(=O)(=O)Cc3ccccc3)CC2)cc1. The maximum absolute atomic E-state index is 12.7. The van der Waals surface area contributed by atoms with Crippen LogP contribution in [0, 0.1) is 18.3 Å². The lowest BCUT2D eigenvalue weighted by atomic mass is 10.0. The number of hydrogen-bond acceptors (Lipinski definition) is 4. The highest BCUT2D eigenvalue weighted by Gasteiger charge is 2.30. The molecule has 6 heteroatoms. The summed E-state index contributed by atoms with van der Waals surface area (Å²) in [6.45, 7) is 3.96. The van der Waals surface area contributed by atoms with Gasteiger partial charge in [0.2, 0.25) is 10.0 Å². The Hall–Kier alpha value is -2.20. The summed E-state index contributed by atoms with van der Waals surface area (Å²) in [6, 6.07) is 19.2. The molecule has 1 saturated heterocycles. The van der Waals surface area contributed by atoms with Gasteiger partial charge in [0.1, 0.15) is 6.04 Å². The van der Waals surface area contributed by atoms with Crippen molar-refractivity contribution in [1.82, 2.24) is 9.21 Å². The Balaban J connectivity index is 1.64. The number of aryl methyl sites for hydroxylation is 1. The first-order valence-electron chi connectivity index (χ1n) is 8.71. The zero-order chi connectivity index (χ0) is 18.6. The van der Waals surface area contributed by atoms with Crippen molar-refractivity contribution < 1.29 is 8.42 Å². The van der Waals surface area contributed by atoms with Crippen LogP contribution >= 0.6 is 0 Å². The fraction of sp³-hybridized carbons (Fsp3) is 0.350. The molecule has 0 saturated carbocycles. The van der Waals surface area contributed by atoms with Gasteiger partial charge in [0.25, 0.3) is 0 Å². The van der Waals surface area contributed by atoms with Crippen LogP contribution in [-0.2, 0) is 15.8 Å². The van der Waals surface area contributed by atoms with E-state index < -0.39 is 10.0 Å². The minimum Gasteiger partial charge on any atom is -0.282 e. The molecule has 1 aliphatic rings. The predicted octanol–water partition coefficient (Wildman–Crippen LogP) is 2.71. The van der Waals surface area contributed by atoms with Gasteiger partial charge in [0.05, 0.1) is 11.8 Å². The van der Waals surface area contributed by atoms with Crippen molar-refractivity contribution in [2.45, 2.75) is 18.7 Å². The van der Waals surface area contributed by atoms with E-state index in [1.165, 1.54) is 0 Å². The highest BCUT2D eigenvalue weighted by atomic mass is 32.2. The van der Waals surface area contributed by atoms with Gasteiger partial charge in [-0.15, -0.1) is 0 Å². The molecule has 0 aromatic heterocycles. The van der Waals surface area contributed by atoms with E-state index in [2.05, 4.69) is 11.0 Å². The fourth-order valence-electron chi connectivity index (χ4n) is 3.23. The third-order valence-corrected chi connectivity index (χ3v) is 6.59. The van der Waals surface area contributed by atoms with Crippen molar-refractivity contribution >= 4 is 10.0 Å². The monoisotopic (exact) mass is 369 g/mol. The minimum absolute atomic E-state index is 0.0213. The van der Waals surface area contributed by atoms with Crippen molar-refractivity contribution in [3.05, 3.63) is 71.3 Å². The second-order valence-corrected chi connectivity index (χ2v) is 8.59. The average molecular weight is 369 g/mol. The Morgan fingerprint density at radius 3 is 2.19 bits per heavy atom. The number of piperazine rings is 1. The van der Waals surface area contributed by atoms with E-state index in [0.29, 0.717) is 26.2 Å². The summed E-state index contributed by atoms with van der Waals surface area (Å²) in [6.07, 6.45) is 0. The lowest BCUT2D eigenvalue weighted by Gasteiger charge is -2.36. The zero-order valence-electron chi connectivity index (χ0n) is 14.9. The summed E-state index contributed by atoms with van der Waals surface area (Å²) in [5, 5.41) is 9.60. The van der Waals surface area contributed by atoms with Crippen molar-refractivity contribution in [2.24, 2.45) is 0 Å². The summed E-state index contributed by atoms with van der Waals surface area (Å²) < 4.78 is 26.8. The minimum atomic E-state index is -3.34. The van der Waals surface area contributed by atoms with Crippen LogP contribution in [0.5, 0.6) is 0 Å². The third-order valence-electron chi connectivity index (χ3n) is 4.74. The Labute approximate surface area is 155 Å². The second kappa shape index (κ2) is 8.00. The topological polar surface area (TPSA) is 64.4 Å². The van der Waals surface area contributed by atoms with Crippen LogP contribution in [0.1, 0.15) is 22.7 Å². The summed E-state index contributed by atoms with van der Waals surface area (Å²) in [5.74, 6) is 0.0213. The lowest BCUT2D eigenvalue weighted by Crippen LogP contribution is -2.49. The van der Waals surface area contributed by atoms with E-state index in [4.69, 9.17) is 0 Å². The van der Waals surface area contributed by atoms with Gasteiger partial charge >= 0.3 is 0 Å². The van der Waals surface area contributed by atoms with E-state index in [1.54, 1.807) is 4.31 Å². The third kappa shape index (κ3) is 4.31. The van der Waals surface area contributed by atoms with Crippen LogP contribution in [0.4, 0.5) is 0 Å². The van der Waals surface area contributed by atoms with Crippen LogP contribution in [0.15, 0.2) is 54.6 Å². The summed E-state index contributed by atoms with van der Waals surface area (Å²) in [7, 11) is -3.34. The summed E-state index contributed by atoms with van der Waals surface area (Å²) in [5.41, 5.74) is 2.91. The molecule has 2 aromatic rings. The Morgan fingerprint density at radius 1 is 1.00 bits per heavy atom. The quantitative estimate of drug-likeness (QED) is 0.813. The maximum Gasteiger partial charge on any atom is 0.218 e.